The molecule has 0 aliphatic carbocycles. The summed E-state index contributed by atoms with van der Waals surface area (Å²) in [6.45, 7) is 3.67. The molecule has 32 heavy (non-hydrogen) atoms. The van der Waals surface area contributed by atoms with E-state index in [1.54, 1.807) is 49.4 Å². The minimum atomic E-state index is -4.39. The number of nitrogens with zero attached hydrogens (tertiary/aromatic N) is 3. The maximum atomic E-state index is 14.3. The second-order valence-electron chi connectivity index (χ2n) is 7.96. The number of para-hydroxylation sites is 2. The van der Waals surface area contributed by atoms with Crippen molar-refractivity contribution < 1.29 is 22.3 Å². The first-order valence-corrected chi connectivity index (χ1v) is 10.6. The Labute approximate surface area is 184 Å². The Morgan fingerprint density at radius 1 is 1.03 bits per heavy atom. The van der Waals surface area contributed by atoms with Crippen LogP contribution in [0.1, 0.15) is 24.8 Å². The molecule has 2 unspecified atom stereocenters. The number of ether oxygens (including phenoxy) is 1. The number of hydrogen-bond acceptors (Lipinski definition) is 5. The first kappa shape index (κ1) is 24.0. The monoisotopic (exact) mass is 453 g/mol. The summed E-state index contributed by atoms with van der Waals surface area (Å²) in [5.74, 6) is -0.444. The van der Waals surface area contributed by atoms with Crippen molar-refractivity contribution >= 4 is 5.69 Å². The van der Waals surface area contributed by atoms with Gasteiger partial charge in [-0.2, -0.15) is 18.1 Å². The van der Waals surface area contributed by atoms with Gasteiger partial charge in [-0.25, -0.2) is 4.39 Å². The molecule has 9 heteroatoms. The van der Waals surface area contributed by atoms with Crippen LogP contribution in [0.4, 0.5) is 23.2 Å². The van der Waals surface area contributed by atoms with E-state index in [4.69, 9.17) is 4.74 Å². The van der Waals surface area contributed by atoms with Gasteiger partial charge in [-0.3, -0.25) is 4.90 Å². The Hall–Kier alpha value is -2.68. The van der Waals surface area contributed by atoms with Crippen LogP contribution in [0.2, 0.25) is 0 Å². The van der Waals surface area contributed by atoms with Crippen molar-refractivity contribution in [1.82, 2.24) is 4.90 Å². The molecule has 1 heterocycles. The molecule has 1 aliphatic heterocycles. The zero-order valence-corrected chi connectivity index (χ0v) is 17.9. The summed E-state index contributed by atoms with van der Waals surface area (Å²) < 4.78 is 56.9. The minimum Gasteiger partial charge on any atom is -0.482 e. The van der Waals surface area contributed by atoms with Gasteiger partial charge in [0.15, 0.2) is 6.61 Å². The van der Waals surface area contributed by atoms with E-state index in [9.17, 15) is 22.5 Å². The summed E-state index contributed by atoms with van der Waals surface area (Å²) in [6.07, 6.45) is -3.81. The summed E-state index contributed by atoms with van der Waals surface area (Å²) in [5, 5.41) is 3.13. The fourth-order valence-electron chi connectivity index (χ4n) is 4.04. The van der Waals surface area contributed by atoms with Crippen LogP contribution in [0.3, 0.4) is 0 Å². The van der Waals surface area contributed by atoms with E-state index in [2.05, 4.69) is 10.1 Å². The van der Waals surface area contributed by atoms with Crippen molar-refractivity contribution in [3.05, 3.63) is 64.8 Å². The van der Waals surface area contributed by atoms with E-state index < -0.39 is 18.8 Å². The average Bonchev–Trinajstić information content (AvgIpc) is 2.79. The lowest BCUT2D eigenvalue weighted by Crippen LogP contribution is -2.47. The number of anilines is 1. The third-order valence-electron chi connectivity index (χ3n) is 5.78. The van der Waals surface area contributed by atoms with Crippen molar-refractivity contribution in [3.8, 4) is 5.75 Å². The number of benzene rings is 2. The van der Waals surface area contributed by atoms with E-state index in [-0.39, 0.29) is 17.5 Å². The lowest BCUT2D eigenvalue weighted by molar-refractivity contribution is -0.153. The fourth-order valence-corrected chi connectivity index (χ4v) is 4.04. The maximum Gasteiger partial charge on any atom is 0.422 e. The van der Waals surface area contributed by atoms with Crippen LogP contribution in [-0.4, -0.2) is 56.4 Å². The highest BCUT2D eigenvalue weighted by Crippen LogP contribution is 2.31. The normalized spacial score (nSPS) is 17.1. The van der Waals surface area contributed by atoms with Crippen molar-refractivity contribution in [2.75, 3.05) is 44.2 Å². The van der Waals surface area contributed by atoms with Crippen LogP contribution in [-0.2, 0) is 0 Å². The quantitative estimate of drug-likeness (QED) is 0.386. The van der Waals surface area contributed by atoms with Crippen molar-refractivity contribution in [2.24, 2.45) is 5.18 Å². The zero-order chi connectivity index (χ0) is 23.1. The van der Waals surface area contributed by atoms with E-state index in [0.29, 0.717) is 50.4 Å². The Kier molecular flexibility index (Phi) is 8.06. The molecule has 0 N–H and O–H groups in total. The molecule has 0 saturated carbocycles. The molecule has 0 aromatic heterocycles. The number of nitroso groups, excluding NO2 is 1. The van der Waals surface area contributed by atoms with Crippen molar-refractivity contribution in [2.45, 2.75) is 31.5 Å². The molecule has 5 nitrogen and oxygen atoms in total. The second kappa shape index (κ2) is 10.8. The smallest absolute Gasteiger partial charge is 0.422 e. The number of alkyl halides is 3. The summed E-state index contributed by atoms with van der Waals surface area (Å²) in [6, 6.07) is 12.6. The molecule has 1 aliphatic rings. The van der Waals surface area contributed by atoms with Gasteiger partial charge in [-0.15, -0.1) is 0 Å². The third-order valence-corrected chi connectivity index (χ3v) is 5.78. The minimum absolute atomic E-state index is 0.212. The van der Waals surface area contributed by atoms with Crippen LogP contribution in [0.25, 0.3) is 0 Å². The Morgan fingerprint density at radius 2 is 1.69 bits per heavy atom. The Morgan fingerprint density at radius 3 is 2.34 bits per heavy atom. The number of rotatable bonds is 9. The molecule has 0 amide bonds. The predicted octanol–water partition coefficient (Wildman–Crippen LogP) is 5.22. The molecule has 1 fully saturated rings. The molecule has 2 atom stereocenters. The van der Waals surface area contributed by atoms with Crippen LogP contribution >= 0.6 is 0 Å². The van der Waals surface area contributed by atoms with Gasteiger partial charge in [0.1, 0.15) is 11.6 Å². The number of halogens is 4. The Bertz CT molecular complexity index is 886. The second-order valence-corrected chi connectivity index (χ2v) is 7.96. The average molecular weight is 453 g/mol. The fraction of sp³-hybridized carbons (Fsp3) is 0.478. The maximum absolute atomic E-state index is 14.3. The molecule has 174 valence electrons. The van der Waals surface area contributed by atoms with Crippen molar-refractivity contribution in [3.63, 3.8) is 0 Å². The van der Waals surface area contributed by atoms with Crippen LogP contribution < -0.4 is 9.64 Å². The highest BCUT2D eigenvalue weighted by atomic mass is 19.4. The summed E-state index contributed by atoms with van der Waals surface area (Å²) in [5.41, 5.74) is 1.13. The lowest BCUT2D eigenvalue weighted by Gasteiger charge is -2.37. The first-order chi connectivity index (χ1) is 15.3. The van der Waals surface area contributed by atoms with E-state index in [1.807, 2.05) is 4.90 Å². The Balaban J connectivity index is 1.58. The van der Waals surface area contributed by atoms with Crippen molar-refractivity contribution in [1.29, 1.82) is 0 Å². The molecule has 2 aromatic carbocycles. The standard InChI is InChI=1S/C23H27F4N3O2/c1-17(28-31)18(19-6-2-3-7-20(19)24)10-11-29-12-14-30(15-13-29)21-8-4-5-9-22(21)32-16-23(25,26)27/h2-9,17-18H,10-16H2,1H3. The molecule has 0 bridgehead atoms. The SMILES string of the molecule is CC(N=O)C(CCN1CCN(c2ccccc2OCC(F)(F)F)CC1)c1ccccc1F. The van der Waals surface area contributed by atoms with Gasteiger partial charge in [0.25, 0.3) is 0 Å². The highest BCUT2D eigenvalue weighted by Gasteiger charge is 2.30. The molecular weight excluding hydrogens is 426 g/mol. The van der Waals surface area contributed by atoms with Gasteiger partial charge in [-0.1, -0.05) is 35.5 Å². The highest BCUT2D eigenvalue weighted by molar-refractivity contribution is 5.58. The summed E-state index contributed by atoms with van der Waals surface area (Å²) >= 11 is 0. The predicted molar refractivity (Wildman–Crippen MR) is 116 cm³/mol. The van der Waals surface area contributed by atoms with Crippen LogP contribution in [0.15, 0.2) is 53.7 Å². The zero-order valence-electron chi connectivity index (χ0n) is 17.9. The molecule has 2 aromatic rings. The topological polar surface area (TPSA) is 45.1 Å². The lowest BCUT2D eigenvalue weighted by atomic mass is 9.89. The molecule has 3 rings (SSSR count). The van der Waals surface area contributed by atoms with Gasteiger partial charge < -0.3 is 9.64 Å². The van der Waals surface area contributed by atoms with Gasteiger partial charge >= 0.3 is 6.18 Å². The van der Waals surface area contributed by atoms with Gasteiger partial charge in [0.05, 0.1) is 11.7 Å². The number of hydrogen-bond donors (Lipinski definition) is 0. The first-order valence-electron chi connectivity index (χ1n) is 10.6. The van der Waals surface area contributed by atoms with E-state index in [1.165, 1.54) is 6.07 Å². The molecular formula is C23H27F4N3O2. The van der Waals surface area contributed by atoms with E-state index >= 15 is 0 Å². The summed E-state index contributed by atoms with van der Waals surface area (Å²) in [4.78, 5) is 15.4. The van der Waals surface area contributed by atoms with Gasteiger partial charge in [0.2, 0.25) is 0 Å². The van der Waals surface area contributed by atoms with Crippen LogP contribution in [0.5, 0.6) is 5.75 Å². The van der Waals surface area contributed by atoms with Gasteiger partial charge in [-0.05, 0) is 43.7 Å². The summed E-state index contributed by atoms with van der Waals surface area (Å²) in [7, 11) is 0. The number of piperazine rings is 1. The molecule has 0 radical (unpaired) electrons. The molecule has 1 saturated heterocycles. The van der Waals surface area contributed by atoms with E-state index in [0.717, 1.165) is 0 Å². The largest absolute Gasteiger partial charge is 0.482 e. The van der Waals surface area contributed by atoms with Crippen LogP contribution in [0, 0.1) is 10.7 Å². The van der Waals surface area contributed by atoms with Gasteiger partial charge in [0, 0.05) is 32.1 Å². The third kappa shape index (κ3) is 6.41. The molecule has 0 spiro atoms.